The van der Waals surface area contributed by atoms with Crippen LogP contribution in [0.15, 0.2) is 83.8 Å². The molecular weight excluding hydrogens is 534 g/mol. The second kappa shape index (κ2) is 13.6. The van der Waals surface area contributed by atoms with Crippen LogP contribution in [0, 0.1) is 6.92 Å². The molecule has 208 valence electrons. The van der Waals surface area contributed by atoms with Crippen molar-refractivity contribution in [2.75, 3.05) is 10.8 Å². The summed E-state index contributed by atoms with van der Waals surface area (Å²) in [6.07, 6.45) is 1.10. The first-order chi connectivity index (χ1) is 18.6. The summed E-state index contributed by atoms with van der Waals surface area (Å²) in [5.41, 5.74) is 1.88. The summed E-state index contributed by atoms with van der Waals surface area (Å²) in [5.74, 6) is -0.763. The van der Waals surface area contributed by atoms with Crippen molar-refractivity contribution in [2.24, 2.45) is 0 Å². The zero-order chi connectivity index (χ0) is 28.6. The van der Waals surface area contributed by atoms with Crippen LogP contribution in [0.1, 0.15) is 44.7 Å². The molecule has 0 unspecified atom stereocenters. The fourth-order valence-electron chi connectivity index (χ4n) is 4.22. The second-order valence-electron chi connectivity index (χ2n) is 9.50. The summed E-state index contributed by atoms with van der Waals surface area (Å²) < 4.78 is 28.8. The fraction of sp³-hybridized carbons (Fsp3) is 0.333. The number of sulfonamides is 1. The summed E-state index contributed by atoms with van der Waals surface area (Å²) in [7, 11) is -4.09. The summed E-state index contributed by atoms with van der Waals surface area (Å²) in [6.45, 7) is 7.16. The van der Waals surface area contributed by atoms with Crippen LogP contribution in [-0.4, -0.2) is 43.8 Å². The number of nitrogens with zero attached hydrogens (tertiary/aromatic N) is 2. The lowest BCUT2D eigenvalue weighted by Crippen LogP contribution is -2.53. The molecule has 1 N–H and O–H groups in total. The third kappa shape index (κ3) is 7.61. The van der Waals surface area contributed by atoms with E-state index in [0.717, 1.165) is 16.3 Å². The first-order valence-corrected chi connectivity index (χ1v) is 14.9. The second-order valence-corrected chi connectivity index (χ2v) is 11.8. The van der Waals surface area contributed by atoms with E-state index in [9.17, 15) is 18.0 Å². The molecule has 3 aromatic carbocycles. The maximum Gasteiger partial charge on any atom is 0.264 e. The Morgan fingerprint density at radius 2 is 1.51 bits per heavy atom. The first kappa shape index (κ1) is 30.2. The van der Waals surface area contributed by atoms with Crippen molar-refractivity contribution < 1.29 is 18.0 Å². The number of anilines is 1. The van der Waals surface area contributed by atoms with E-state index < -0.39 is 28.5 Å². The fourth-order valence-corrected chi connectivity index (χ4v) is 5.85. The predicted molar refractivity (Wildman–Crippen MR) is 156 cm³/mol. The molecule has 3 aromatic rings. The van der Waals surface area contributed by atoms with Crippen LogP contribution in [0.3, 0.4) is 0 Å². The zero-order valence-corrected chi connectivity index (χ0v) is 24.4. The lowest BCUT2D eigenvalue weighted by Gasteiger charge is -2.34. The van der Waals surface area contributed by atoms with Crippen molar-refractivity contribution in [1.82, 2.24) is 10.2 Å². The average Bonchev–Trinajstić information content (AvgIpc) is 2.93. The smallest absolute Gasteiger partial charge is 0.264 e. The summed E-state index contributed by atoms with van der Waals surface area (Å²) >= 11 is 6.07. The molecule has 0 spiro atoms. The summed E-state index contributed by atoms with van der Waals surface area (Å²) in [5, 5.41) is 3.53. The minimum atomic E-state index is -4.09. The van der Waals surface area contributed by atoms with E-state index >= 15 is 0 Å². The molecule has 0 aliphatic rings. The van der Waals surface area contributed by atoms with Crippen molar-refractivity contribution >= 4 is 39.1 Å². The van der Waals surface area contributed by atoms with Crippen molar-refractivity contribution in [1.29, 1.82) is 0 Å². The van der Waals surface area contributed by atoms with Gasteiger partial charge in [0.15, 0.2) is 0 Å². The molecule has 0 fully saturated rings. The monoisotopic (exact) mass is 569 g/mol. The molecule has 7 nitrogen and oxygen atoms in total. The zero-order valence-electron chi connectivity index (χ0n) is 22.8. The number of carbonyl (C=O) groups is 2. The Kier molecular flexibility index (Phi) is 10.5. The van der Waals surface area contributed by atoms with Gasteiger partial charge in [0.2, 0.25) is 11.8 Å². The van der Waals surface area contributed by atoms with Gasteiger partial charge in [-0.25, -0.2) is 8.42 Å². The summed E-state index contributed by atoms with van der Waals surface area (Å²) in [4.78, 5) is 28.9. The highest BCUT2D eigenvalue weighted by Gasteiger charge is 2.34. The third-order valence-corrected chi connectivity index (χ3v) is 8.67. The maximum atomic E-state index is 14.1. The van der Waals surface area contributed by atoms with Crippen LogP contribution in [0.2, 0.25) is 5.02 Å². The lowest BCUT2D eigenvalue weighted by molar-refractivity contribution is -0.140. The molecule has 3 rings (SSSR count). The lowest BCUT2D eigenvalue weighted by atomic mass is 10.1. The van der Waals surface area contributed by atoms with E-state index in [1.54, 1.807) is 67.6 Å². The number of rotatable bonds is 12. The van der Waals surface area contributed by atoms with Crippen LogP contribution >= 0.6 is 11.6 Å². The van der Waals surface area contributed by atoms with E-state index in [4.69, 9.17) is 11.6 Å². The van der Waals surface area contributed by atoms with Crippen LogP contribution in [-0.2, 0) is 26.2 Å². The third-order valence-electron chi connectivity index (χ3n) is 6.65. The van der Waals surface area contributed by atoms with Crippen molar-refractivity contribution in [3.8, 4) is 0 Å². The molecule has 0 aliphatic carbocycles. The highest BCUT2D eigenvalue weighted by atomic mass is 35.5. The van der Waals surface area contributed by atoms with Gasteiger partial charge in [0.1, 0.15) is 12.6 Å². The highest BCUT2D eigenvalue weighted by molar-refractivity contribution is 7.92. The molecular formula is C30H36ClN3O4S. The SMILES string of the molecule is CC[C@H](C)NC(=O)[C@H](CC)N(Cc1ccc(Cl)cc1)C(=O)CN(c1ccccc1C)S(=O)(=O)c1ccccc1. The number of carbonyl (C=O) groups excluding carboxylic acids is 2. The van der Waals surface area contributed by atoms with Crippen LogP contribution in [0.25, 0.3) is 0 Å². The molecule has 39 heavy (non-hydrogen) atoms. The number of amides is 2. The van der Waals surface area contributed by atoms with Gasteiger partial charge in [0.25, 0.3) is 10.0 Å². The largest absolute Gasteiger partial charge is 0.352 e. The first-order valence-electron chi connectivity index (χ1n) is 13.1. The van der Waals surface area contributed by atoms with Gasteiger partial charge in [-0.2, -0.15) is 0 Å². The number of benzene rings is 3. The number of nitrogens with one attached hydrogen (secondary N) is 1. The van der Waals surface area contributed by atoms with Crippen LogP contribution in [0.5, 0.6) is 0 Å². The Morgan fingerprint density at radius 3 is 2.10 bits per heavy atom. The van der Waals surface area contributed by atoms with E-state index in [1.165, 1.54) is 17.0 Å². The number of para-hydroxylation sites is 1. The molecule has 0 heterocycles. The van der Waals surface area contributed by atoms with E-state index in [1.807, 2.05) is 26.8 Å². The molecule has 0 radical (unpaired) electrons. The Bertz CT molecular complexity index is 1360. The normalized spacial score (nSPS) is 12.8. The van der Waals surface area contributed by atoms with Crippen molar-refractivity contribution in [2.45, 2.75) is 64.1 Å². The van der Waals surface area contributed by atoms with Crippen LogP contribution < -0.4 is 9.62 Å². The Morgan fingerprint density at radius 1 is 0.897 bits per heavy atom. The van der Waals surface area contributed by atoms with Crippen molar-refractivity contribution in [3.63, 3.8) is 0 Å². The predicted octanol–water partition coefficient (Wildman–Crippen LogP) is 5.57. The molecule has 0 aliphatic heterocycles. The molecule has 0 bridgehead atoms. The van der Waals surface area contributed by atoms with E-state index in [-0.39, 0.29) is 23.4 Å². The minimum Gasteiger partial charge on any atom is -0.352 e. The molecule has 0 saturated heterocycles. The number of hydrogen-bond acceptors (Lipinski definition) is 4. The van der Waals surface area contributed by atoms with Crippen LogP contribution in [0.4, 0.5) is 5.69 Å². The topological polar surface area (TPSA) is 86.8 Å². The van der Waals surface area contributed by atoms with E-state index in [0.29, 0.717) is 22.7 Å². The van der Waals surface area contributed by atoms with Crippen molar-refractivity contribution in [3.05, 3.63) is 95.0 Å². The highest BCUT2D eigenvalue weighted by Crippen LogP contribution is 2.27. The number of hydrogen-bond donors (Lipinski definition) is 1. The molecule has 0 aromatic heterocycles. The van der Waals surface area contributed by atoms with Gasteiger partial charge in [0.05, 0.1) is 10.6 Å². The Labute approximate surface area is 236 Å². The number of aryl methyl sites for hydroxylation is 1. The van der Waals surface area contributed by atoms with Gasteiger partial charge in [-0.15, -0.1) is 0 Å². The Hall–Kier alpha value is -3.36. The van der Waals surface area contributed by atoms with E-state index in [2.05, 4.69) is 5.32 Å². The molecule has 9 heteroatoms. The van der Waals surface area contributed by atoms with Gasteiger partial charge >= 0.3 is 0 Å². The van der Waals surface area contributed by atoms with Gasteiger partial charge in [-0.1, -0.05) is 74.0 Å². The standard InChI is InChI=1S/C30H36ClN3O4S/c1-5-23(4)32-30(36)27(6-2)33(20-24-16-18-25(31)19-17-24)29(35)21-34(28-15-11-10-12-22(28)3)39(37,38)26-13-8-7-9-14-26/h7-19,23,27H,5-6,20-21H2,1-4H3,(H,32,36)/t23-,27-/m0/s1. The van der Waals surface area contributed by atoms with Gasteiger partial charge < -0.3 is 10.2 Å². The molecule has 2 amide bonds. The summed E-state index contributed by atoms with van der Waals surface area (Å²) in [6, 6.07) is 21.2. The Balaban J connectivity index is 2.05. The average molecular weight is 570 g/mol. The maximum absolute atomic E-state index is 14.1. The molecule has 0 saturated carbocycles. The van der Waals surface area contributed by atoms with Gasteiger partial charge in [-0.3, -0.25) is 13.9 Å². The quantitative estimate of drug-likeness (QED) is 0.309. The van der Waals surface area contributed by atoms with Gasteiger partial charge in [-0.05, 0) is 68.1 Å². The van der Waals surface area contributed by atoms with Gasteiger partial charge in [0, 0.05) is 17.6 Å². The minimum absolute atomic E-state index is 0.0686. The molecule has 2 atom stereocenters. The number of halogens is 1.